The number of aryl methyl sites for hydroxylation is 1. The molecule has 5 aromatic rings. The van der Waals surface area contributed by atoms with Crippen molar-refractivity contribution in [2.75, 3.05) is 0 Å². The molecule has 2 heterocycles. The second kappa shape index (κ2) is 8.00. The first kappa shape index (κ1) is 19.1. The molecule has 146 valence electrons. The Labute approximate surface area is 172 Å². The maximum Gasteiger partial charge on any atom is 0.0465 e. The summed E-state index contributed by atoms with van der Waals surface area (Å²) in [6.07, 6.45) is 5.34. The molecule has 0 unspecified atom stereocenters. The second-order valence-corrected chi connectivity index (χ2v) is 7.06. The van der Waals surface area contributed by atoms with E-state index in [9.17, 15) is 0 Å². The molecule has 29 heavy (non-hydrogen) atoms. The van der Waals surface area contributed by atoms with E-state index in [1.807, 2.05) is 13.8 Å². The first-order valence-corrected chi connectivity index (χ1v) is 10.6. The number of hydrogen-bond donors (Lipinski definition) is 2. The number of rotatable bonds is 3. The molecule has 0 saturated heterocycles. The Balaban J connectivity index is 0.000000994. The molecule has 3 aromatic carbocycles. The molecule has 0 bridgehead atoms. The lowest BCUT2D eigenvalue weighted by molar-refractivity contribution is 1.07. The smallest absolute Gasteiger partial charge is 0.0465 e. The summed E-state index contributed by atoms with van der Waals surface area (Å²) in [5.74, 6) is 0. The van der Waals surface area contributed by atoms with Crippen LogP contribution in [0.15, 0.2) is 66.7 Å². The number of benzene rings is 3. The van der Waals surface area contributed by atoms with Gasteiger partial charge in [0, 0.05) is 44.0 Å². The highest BCUT2D eigenvalue weighted by atomic mass is 14.7. The van der Waals surface area contributed by atoms with E-state index >= 15 is 0 Å². The van der Waals surface area contributed by atoms with Crippen LogP contribution in [0, 0.1) is 0 Å². The minimum atomic E-state index is 1.00. The van der Waals surface area contributed by atoms with Crippen molar-refractivity contribution in [2.24, 2.45) is 0 Å². The third-order valence-electron chi connectivity index (χ3n) is 5.45. The van der Waals surface area contributed by atoms with Gasteiger partial charge in [-0.25, -0.2) is 0 Å². The number of aromatic nitrogens is 2. The third-order valence-corrected chi connectivity index (χ3v) is 5.45. The number of hydrogen-bond acceptors (Lipinski definition) is 0. The van der Waals surface area contributed by atoms with Crippen molar-refractivity contribution in [1.29, 1.82) is 0 Å². The maximum absolute atomic E-state index is 3.57. The van der Waals surface area contributed by atoms with Gasteiger partial charge in [-0.15, -0.1) is 0 Å². The molecule has 0 fully saturated rings. The van der Waals surface area contributed by atoms with Crippen LogP contribution in [0.5, 0.6) is 0 Å². The first-order valence-electron chi connectivity index (χ1n) is 10.6. The Bertz CT molecular complexity index is 1310. The average molecular weight is 381 g/mol. The van der Waals surface area contributed by atoms with E-state index < -0.39 is 0 Å². The van der Waals surface area contributed by atoms with Crippen molar-refractivity contribution in [3.8, 4) is 11.1 Å². The van der Waals surface area contributed by atoms with Crippen LogP contribution >= 0.6 is 0 Å². The molecule has 2 nitrogen and oxygen atoms in total. The molecule has 0 aliphatic heterocycles. The second-order valence-electron chi connectivity index (χ2n) is 7.06. The monoisotopic (exact) mass is 380 g/mol. The number of allylic oxidation sites excluding steroid dienone is 1. The third kappa shape index (κ3) is 3.25. The van der Waals surface area contributed by atoms with Gasteiger partial charge in [0.1, 0.15) is 0 Å². The van der Waals surface area contributed by atoms with E-state index in [-0.39, 0.29) is 0 Å². The number of H-pyrrole nitrogens is 2. The quantitative estimate of drug-likeness (QED) is 0.317. The van der Waals surface area contributed by atoms with Crippen molar-refractivity contribution in [3.63, 3.8) is 0 Å². The number of fused-ring (bicyclic) bond motifs is 4. The van der Waals surface area contributed by atoms with Crippen molar-refractivity contribution in [1.82, 2.24) is 9.97 Å². The Hall–Kier alpha value is -3.26. The van der Waals surface area contributed by atoms with Crippen LogP contribution in [-0.2, 0) is 6.42 Å². The molecular weight excluding hydrogens is 352 g/mol. The summed E-state index contributed by atoms with van der Waals surface area (Å²) in [7, 11) is 0. The van der Waals surface area contributed by atoms with E-state index in [2.05, 4.69) is 96.6 Å². The predicted molar refractivity (Wildman–Crippen MR) is 129 cm³/mol. The molecule has 2 aromatic heterocycles. The zero-order valence-electron chi connectivity index (χ0n) is 17.6. The van der Waals surface area contributed by atoms with Gasteiger partial charge < -0.3 is 9.97 Å². The molecule has 0 atom stereocenters. The van der Waals surface area contributed by atoms with E-state index in [1.54, 1.807) is 0 Å². The minimum Gasteiger partial charge on any atom is -0.358 e. The van der Waals surface area contributed by atoms with Crippen LogP contribution in [0.2, 0.25) is 0 Å². The fraction of sp³-hybridized carbons (Fsp3) is 0.185. The summed E-state index contributed by atoms with van der Waals surface area (Å²) >= 11 is 0. The summed E-state index contributed by atoms with van der Waals surface area (Å²) < 4.78 is 0. The standard InChI is InChI=1S/C25H22N2.C2H6/c1-3-7-18-20-14-16(10-12-24(20)26-22(18)4-2)17-11-13-25-21(15-17)19-8-5-6-9-23(19)27-25;1-2/h3,5-15,26-27H,4H2,1-2H3;1-2H3/b7-3-;. The van der Waals surface area contributed by atoms with Gasteiger partial charge in [-0.2, -0.15) is 0 Å². The van der Waals surface area contributed by atoms with E-state index in [1.165, 1.54) is 55.1 Å². The van der Waals surface area contributed by atoms with Crippen LogP contribution in [0.1, 0.15) is 39.0 Å². The summed E-state index contributed by atoms with van der Waals surface area (Å²) in [5, 5.41) is 3.85. The molecular formula is C27H28N2. The number of aromatic amines is 2. The van der Waals surface area contributed by atoms with E-state index in [0.29, 0.717) is 0 Å². The Kier molecular flexibility index (Phi) is 5.26. The molecule has 0 saturated carbocycles. The number of nitrogens with one attached hydrogen (secondary N) is 2. The van der Waals surface area contributed by atoms with Crippen molar-refractivity contribution in [3.05, 3.63) is 78.0 Å². The summed E-state index contributed by atoms with van der Waals surface area (Å²) in [6, 6.07) is 21.9. The fourth-order valence-electron chi connectivity index (χ4n) is 4.11. The minimum absolute atomic E-state index is 1.00. The van der Waals surface area contributed by atoms with Crippen molar-refractivity contribution < 1.29 is 0 Å². The highest BCUT2D eigenvalue weighted by molar-refractivity contribution is 6.08. The van der Waals surface area contributed by atoms with Gasteiger partial charge in [-0.05, 0) is 54.8 Å². The maximum atomic E-state index is 3.57. The van der Waals surface area contributed by atoms with Crippen LogP contribution in [0.4, 0.5) is 0 Å². The van der Waals surface area contributed by atoms with Crippen LogP contribution in [0.25, 0.3) is 49.9 Å². The summed E-state index contributed by atoms with van der Waals surface area (Å²) in [4.78, 5) is 7.08. The largest absolute Gasteiger partial charge is 0.358 e. The molecule has 0 spiro atoms. The summed E-state index contributed by atoms with van der Waals surface area (Å²) in [6.45, 7) is 8.27. The molecule has 2 N–H and O–H groups in total. The van der Waals surface area contributed by atoms with Crippen LogP contribution in [0.3, 0.4) is 0 Å². The van der Waals surface area contributed by atoms with Crippen molar-refractivity contribution in [2.45, 2.75) is 34.1 Å². The lowest BCUT2D eigenvalue weighted by Crippen LogP contribution is -1.82. The van der Waals surface area contributed by atoms with Gasteiger partial charge in [0.25, 0.3) is 0 Å². The number of para-hydroxylation sites is 1. The highest BCUT2D eigenvalue weighted by Crippen LogP contribution is 2.33. The summed E-state index contributed by atoms with van der Waals surface area (Å²) in [5.41, 5.74) is 8.69. The molecule has 0 amide bonds. The van der Waals surface area contributed by atoms with Gasteiger partial charge in [0.15, 0.2) is 0 Å². The van der Waals surface area contributed by atoms with Crippen LogP contribution < -0.4 is 0 Å². The fourth-order valence-corrected chi connectivity index (χ4v) is 4.11. The molecule has 0 aliphatic rings. The Morgan fingerprint density at radius 1 is 0.724 bits per heavy atom. The van der Waals surface area contributed by atoms with Gasteiger partial charge in [-0.3, -0.25) is 0 Å². The molecule has 2 heteroatoms. The van der Waals surface area contributed by atoms with Gasteiger partial charge in [-0.1, -0.05) is 63.3 Å². The molecule has 5 rings (SSSR count). The lowest BCUT2D eigenvalue weighted by Gasteiger charge is -2.04. The Morgan fingerprint density at radius 3 is 2.03 bits per heavy atom. The van der Waals surface area contributed by atoms with E-state index in [4.69, 9.17) is 0 Å². The zero-order chi connectivity index (χ0) is 20.4. The topological polar surface area (TPSA) is 31.6 Å². The normalized spacial score (nSPS) is 11.4. The average Bonchev–Trinajstić information content (AvgIpc) is 3.32. The van der Waals surface area contributed by atoms with Gasteiger partial charge >= 0.3 is 0 Å². The van der Waals surface area contributed by atoms with Gasteiger partial charge in [0.2, 0.25) is 0 Å². The Morgan fingerprint density at radius 2 is 1.34 bits per heavy atom. The first-order chi connectivity index (χ1) is 14.3. The van der Waals surface area contributed by atoms with E-state index in [0.717, 1.165) is 6.42 Å². The highest BCUT2D eigenvalue weighted by Gasteiger charge is 2.10. The molecule has 0 aliphatic carbocycles. The van der Waals surface area contributed by atoms with Gasteiger partial charge in [0.05, 0.1) is 0 Å². The van der Waals surface area contributed by atoms with Crippen LogP contribution in [-0.4, -0.2) is 9.97 Å². The lowest BCUT2D eigenvalue weighted by atomic mass is 9.99. The SMILES string of the molecule is C/C=C\c1c(CC)[nH]c2ccc(-c3ccc4[nH]c5ccccc5c4c3)cc12.CC. The zero-order valence-corrected chi connectivity index (χ0v) is 17.6. The molecule has 0 radical (unpaired) electrons. The predicted octanol–water partition coefficient (Wildman–Crippen LogP) is 8.09. The van der Waals surface area contributed by atoms with Crippen molar-refractivity contribution >= 4 is 38.8 Å².